The Morgan fingerprint density at radius 1 is 1.27 bits per heavy atom. The van der Waals surface area contributed by atoms with E-state index in [0.29, 0.717) is 0 Å². The lowest BCUT2D eigenvalue weighted by Crippen LogP contribution is -2.35. The summed E-state index contributed by atoms with van der Waals surface area (Å²) < 4.78 is 15.0. The van der Waals surface area contributed by atoms with Crippen molar-refractivity contribution in [3.63, 3.8) is 0 Å². The Kier molecular flexibility index (Phi) is 5.31. The normalized spacial score (nSPS) is 12.4. The van der Waals surface area contributed by atoms with Crippen molar-refractivity contribution in [2.24, 2.45) is 13.0 Å². The Morgan fingerprint density at radius 3 is 2.41 bits per heavy atom. The second-order valence-corrected chi connectivity index (χ2v) is 5.40. The molecule has 0 spiro atoms. The molecule has 0 bridgehead atoms. The second-order valence-electron chi connectivity index (χ2n) is 5.40. The van der Waals surface area contributed by atoms with E-state index in [0.717, 1.165) is 24.2 Å². The van der Waals surface area contributed by atoms with E-state index < -0.39 is 0 Å². The molecule has 0 saturated carbocycles. The van der Waals surface area contributed by atoms with Gasteiger partial charge in [-0.05, 0) is 30.5 Å². The fraction of sp³-hybridized carbons (Fsp3) is 0.412. The summed E-state index contributed by atoms with van der Waals surface area (Å²) in [6.45, 7) is 4.00. The fourth-order valence-corrected chi connectivity index (χ4v) is 2.53. The average molecular weight is 303 g/mol. The molecule has 2 rings (SSSR count). The molecule has 0 saturated heterocycles. The number of carbonyl (C=O) groups is 1. The Balaban J connectivity index is 2.32. The topological polar surface area (TPSA) is 46.9 Å². The fourth-order valence-electron chi connectivity index (χ4n) is 2.53. The molecule has 22 heavy (non-hydrogen) atoms. The predicted molar refractivity (Wildman–Crippen MR) is 83.7 cm³/mol. The molecule has 0 aliphatic rings. The number of aryl methyl sites for hydroxylation is 1. The Labute approximate surface area is 130 Å². The Morgan fingerprint density at radius 2 is 1.91 bits per heavy atom. The molecule has 1 N–H and O–H groups in total. The number of imidazole rings is 1. The summed E-state index contributed by atoms with van der Waals surface area (Å²) >= 11 is 0. The van der Waals surface area contributed by atoms with Crippen LogP contribution in [0.3, 0.4) is 0 Å². The van der Waals surface area contributed by atoms with Crippen molar-refractivity contribution < 1.29 is 9.18 Å². The first kappa shape index (κ1) is 16.2. The van der Waals surface area contributed by atoms with Crippen LogP contribution in [-0.2, 0) is 11.8 Å². The van der Waals surface area contributed by atoms with E-state index in [-0.39, 0.29) is 23.7 Å². The number of carbonyl (C=O) groups excluding carboxylic acids is 1. The van der Waals surface area contributed by atoms with Gasteiger partial charge in [-0.3, -0.25) is 4.79 Å². The molecule has 5 heteroatoms. The highest BCUT2D eigenvalue weighted by molar-refractivity contribution is 5.79. The van der Waals surface area contributed by atoms with Gasteiger partial charge in [-0.2, -0.15) is 0 Å². The van der Waals surface area contributed by atoms with Crippen molar-refractivity contribution >= 4 is 5.91 Å². The monoisotopic (exact) mass is 303 g/mol. The highest BCUT2D eigenvalue weighted by Crippen LogP contribution is 2.22. The lowest BCUT2D eigenvalue weighted by atomic mass is 10.00. The first-order valence-corrected chi connectivity index (χ1v) is 7.59. The van der Waals surface area contributed by atoms with Gasteiger partial charge >= 0.3 is 0 Å². The second kappa shape index (κ2) is 7.20. The van der Waals surface area contributed by atoms with Crippen LogP contribution in [0.5, 0.6) is 0 Å². The number of rotatable bonds is 6. The number of nitrogens with one attached hydrogen (secondary N) is 1. The van der Waals surface area contributed by atoms with Gasteiger partial charge in [0.05, 0.1) is 0 Å². The van der Waals surface area contributed by atoms with E-state index in [1.807, 2.05) is 31.7 Å². The van der Waals surface area contributed by atoms with E-state index in [4.69, 9.17) is 0 Å². The molecule has 1 aromatic heterocycles. The maximum Gasteiger partial charge on any atom is 0.223 e. The molecule has 1 heterocycles. The Bertz CT molecular complexity index is 617. The molecule has 0 aliphatic heterocycles. The molecule has 1 aromatic carbocycles. The zero-order valence-corrected chi connectivity index (χ0v) is 13.2. The first-order chi connectivity index (χ1) is 10.6. The van der Waals surface area contributed by atoms with E-state index in [2.05, 4.69) is 10.3 Å². The van der Waals surface area contributed by atoms with Crippen molar-refractivity contribution in [1.82, 2.24) is 14.9 Å². The van der Waals surface area contributed by atoms with Gasteiger partial charge in [0.25, 0.3) is 0 Å². The van der Waals surface area contributed by atoms with E-state index in [1.165, 1.54) is 12.1 Å². The molecule has 1 atom stereocenters. The SMILES string of the molecule is CCC(CC)C(=O)NC(c1ccc(F)cc1)c1nccn1C. The zero-order chi connectivity index (χ0) is 16.1. The van der Waals surface area contributed by atoms with E-state index in [9.17, 15) is 9.18 Å². The van der Waals surface area contributed by atoms with Gasteiger partial charge in [0.2, 0.25) is 5.91 Å². The van der Waals surface area contributed by atoms with Gasteiger partial charge in [-0.1, -0.05) is 26.0 Å². The maximum absolute atomic E-state index is 13.2. The summed E-state index contributed by atoms with van der Waals surface area (Å²) in [7, 11) is 1.88. The minimum Gasteiger partial charge on any atom is -0.342 e. The summed E-state index contributed by atoms with van der Waals surface area (Å²) in [6, 6.07) is 5.78. The third-order valence-electron chi connectivity index (χ3n) is 3.96. The van der Waals surface area contributed by atoms with E-state index >= 15 is 0 Å². The number of halogens is 1. The molecule has 0 radical (unpaired) electrons. The summed E-state index contributed by atoms with van der Waals surface area (Å²) in [5.41, 5.74) is 0.815. The van der Waals surface area contributed by atoms with Crippen LogP contribution in [0.15, 0.2) is 36.7 Å². The number of hydrogen-bond donors (Lipinski definition) is 1. The van der Waals surface area contributed by atoms with Crippen molar-refractivity contribution in [2.75, 3.05) is 0 Å². The summed E-state index contributed by atoms with van der Waals surface area (Å²) in [5, 5.41) is 3.05. The average Bonchev–Trinajstić information content (AvgIpc) is 2.93. The number of aromatic nitrogens is 2. The van der Waals surface area contributed by atoms with Gasteiger partial charge in [0.15, 0.2) is 0 Å². The Hall–Kier alpha value is -2.17. The third kappa shape index (κ3) is 3.53. The highest BCUT2D eigenvalue weighted by Gasteiger charge is 2.23. The van der Waals surface area contributed by atoms with Crippen molar-refractivity contribution in [3.8, 4) is 0 Å². The maximum atomic E-state index is 13.2. The van der Waals surface area contributed by atoms with Gasteiger partial charge in [-0.25, -0.2) is 9.37 Å². The number of hydrogen-bond acceptors (Lipinski definition) is 2. The van der Waals surface area contributed by atoms with Gasteiger partial charge in [0.1, 0.15) is 17.7 Å². The molecular weight excluding hydrogens is 281 g/mol. The van der Waals surface area contributed by atoms with Crippen LogP contribution in [0.2, 0.25) is 0 Å². The van der Waals surface area contributed by atoms with Crippen molar-refractivity contribution in [3.05, 3.63) is 53.9 Å². The van der Waals surface area contributed by atoms with Gasteiger partial charge < -0.3 is 9.88 Å². The summed E-state index contributed by atoms with van der Waals surface area (Å²) in [6.07, 6.45) is 5.10. The molecular formula is C17H22FN3O. The molecule has 1 amide bonds. The van der Waals surface area contributed by atoms with Crippen molar-refractivity contribution in [1.29, 1.82) is 0 Å². The summed E-state index contributed by atoms with van der Waals surface area (Å²) in [4.78, 5) is 16.8. The van der Waals surface area contributed by atoms with Crippen LogP contribution in [0.4, 0.5) is 4.39 Å². The number of nitrogens with zero attached hydrogens (tertiary/aromatic N) is 2. The minimum atomic E-state index is -0.381. The smallest absolute Gasteiger partial charge is 0.223 e. The largest absolute Gasteiger partial charge is 0.342 e. The lowest BCUT2D eigenvalue weighted by molar-refractivity contribution is -0.125. The van der Waals surface area contributed by atoms with Crippen LogP contribution in [0.25, 0.3) is 0 Å². The minimum absolute atomic E-state index is 0.00215. The van der Waals surface area contributed by atoms with Crippen LogP contribution in [0, 0.1) is 11.7 Å². The lowest BCUT2D eigenvalue weighted by Gasteiger charge is -2.22. The van der Waals surface area contributed by atoms with Gasteiger partial charge in [-0.15, -0.1) is 0 Å². The van der Waals surface area contributed by atoms with E-state index in [1.54, 1.807) is 18.3 Å². The van der Waals surface area contributed by atoms with Crippen LogP contribution in [0.1, 0.15) is 44.1 Å². The van der Waals surface area contributed by atoms with Crippen molar-refractivity contribution in [2.45, 2.75) is 32.7 Å². The van der Waals surface area contributed by atoms with Crippen LogP contribution < -0.4 is 5.32 Å². The first-order valence-electron chi connectivity index (χ1n) is 7.59. The predicted octanol–water partition coefficient (Wildman–Crippen LogP) is 3.20. The third-order valence-corrected chi connectivity index (χ3v) is 3.96. The quantitative estimate of drug-likeness (QED) is 0.891. The summed E-state index contributed by atoms with van der Waals surface area (Å²) in [5.74, 6) is 0.408. The molecule has 118 valence electrons. The van der Waals surface area contributed by atoms with Crippen LogP contribution >= 0.6 is 0 Å². The molecule has 2 aromatic rings. The molecule has 1 unspecified atom stereocenters. The zero-order valence-electron chi connectivity index (χ0n) is 13.2. The van der Waals surface area contributed by atoms with Crippen LogP contribution in [-0.4, -0.2) is 15.5 Å². The molecule has 0 fully saturated rings. The number of amides is 1. The standard InChI is InChI=1S/C17H22FN3O/c1-4-12(5-2)17(22)20-15(16-19-10-11-21(16)3)13-6-8-14(18)9-7-13/h6-12,15H,4-5H2,1-3H3,(H,20,22). The molecule has 4 nitrogen and oxygen atoms in total. The highest BCUT2D eigenvalue weighted by atomic mass is 19.1. The van der Waals surface area contributed by atoms with Gasteiger partial charge in [0, 0.05) is 25.4 Å². The molecule has 0 aliphatic carbocycles. The number of benzene rings is 1.